The predicted molar refractivity (Wildman–Crippen MR) is 63.9 cm³/mol. The Labute approximate surface area is 107 Å². The molecule has 0 unspecified atom stereocenters. The molecule has 0 aliphatic heterocycles. The molecule has 0 fully saturated rings. The number of furan rings is 1. The molecule has 0 bridgehead atoms. The summed E-state index contributed by atoms with van der Waals surface area (Å²) in [5.74, 6) is -1.38. The number of fused-ring (bicyclic) bond motifs is 1. The number of rotatable bonds is 3. The third-order valence-electron chi connectivity index (χ3n) is 2.32. The minimum Gasteiger partial charge on any atom is -0.475 e. The monoisotopic (exact) mass is 274 g/mol. The number of benzene rings is 1. The summed E-state index contributed by atoms with van der Waals surface area (Å²) in [5, 5.41) is 10.2. The van der Waals surface area contributed by atoms with Crippen molar-refractivity contribution in [1.29, 1.82) is 0 Å². The molecule has 0 amide bonds. The maximum atomic E-state index is 11.1. The van der Waals surface area contributed by atoms with Crippen molar-refractivity contribution in [3.05, 3.63) is 33.5 Å². The van der Waals surface area contributed by atoms with E-state index in [4.69, 9.17) is 37.5 Å². The maximum Gasteiger partial charge on any atom is 0.372 e. The highest BCUT2D eigenvalue weighted by Crippen LogP contribution is 2.36. The predicted octanol–water partition coefficient (Wildman–Crippen LogP) is 3.58. The van der Waals surface area contributed by atoms with Gasteiger partial charge in [-0.05, 0) is 12.1 Å². The summed E-state index contributed by atoms with van der Waals surface area (Å²) in [4.78, 5) is 11.1. The quantitative estimate of drug-likeness (QED) is 0.929. The van der Waals surface area contributed by atoms with Crippen LogP contribution in [-0.4, -0.2) is 18.2 Å². The summed E-state index contributed by atoms with van der Waals surface area (Å²) in [6.45, 7) is 0.0920. The lowest BCUT2D eigenvalue weighted by atomic mass is 10.1. The van der Waals surface area contributed by atoms with Gasteiger partial charge in [0, 0.05) is 18.1 Å². The zero-order valence-electron chi connectivity index (χ0n) is 8.79. The Balaban J connectivity index is 2.84. The fourth-order valence-corrected chi connectivity index (χ4v) is 2.11. The number of carbonyl (C=O) groups is 1. The molecule has 0 saturated carbocycles. The van der Waals surface area contributed by atoms with Gasteiger partial charge in [0.2, 0.25) is 5.76 Å². The molecule has 1 aromatic heterocycles. The van der Waals surface area contributed by atoms with E-state index in [1.807, 2.05) is 0 Å². The first-order valence-corrected chi connectivity index (χ1v) is 5.43. The molecule has 2 rings (SSSR count). The van der Waals surface area contributed by atoms with Crippen LogP contribution in [0.5, 0.6) is 0 Å². The van der Waals surface area contributed by atoms with E-state index >= 15 is 0 Å². The van der Waals surface area contributed by atoms with E-state index < -0.39 is 5.97 Å². The van der Waals surface area contributed by atoms with E-state index in [0.29, 0.717) is 21.0 Å². The van der Waals surface area contributed by atoms with Crippen LogP contribution >= 0.6 is 23.2 Å². The lowest BCUT2D eigenvalue weighted by Crippen LogP contribution is -1.99. The highest BCUT2D eigenvalue weighted by atomic mass is 35.5. The van der Waals surface area contributed by atoms with Crippen LogP contribution in [0, 0.1) is 0 Å². The summed E-state index contributed by atoms with van der Waals surface area (Å²) in [6, 6.07) is 3.14. The van der Waals surface area contributed by atoms with Gasteiger partial charge in [0.05, 0.1) is 16.7 Å². The number of aromatic carboxylic acids is 1. The van der Waals surface area contributed by atoms with Crippen molar-refractivity contribution >= 4 is 40.1 Å². The second-order valence-electron chi connectivity index (χ2n) is 3.38. The standard InChI is InChI=1S/C11H8Cl2O4/c1-16-4-5-8-6(12)2-3-7(13)10(8)17-9(5)11(14)15/h2-3H,4H2,1H3,(H,14,15). The van der Waals surface area contributed by atoms with E-state index in [1.165, 1.54) is 7.11 Å². The van der Waals surface area contributed by atoms with Crippen molar-refractivity contribution < 1.29 is 19.1 Å². The van der Waals surface area contributed by atoms with Gasteiger partial charge in [-0.2, -0.15) is 0 Å². The number of halogens is 2. The summed E-state index contributed by atoms with van der Waals surface area (Å²) in [5.41, 5.74) is 0.658. The number of hydrogen-bond acceptors (Lipinski definition) is 3. The van der Waals surface area contributed by atoms with Crippen molar-refractivity contribution in [2.75, 3.05) is 7.11 Å². The van der Waals surface area contributed by atoms with Gasteiger partial charge < -0.3 is 14.3 Å². The van der Waals surface area contributed by atoms with Crippen LogP contribution < -0.4 is 0 Å². The van der Waals surface area contributed by atoms with Gasteiger partial charge in [0.1, 0.15) is 0 Å². The Morgan fingerprint density at radius 2 is 2.06 bits per heavy atom. The zero-order valence-corrected chi connectivity index (χ0v) is 10.3. The highest BCUT2D eigenvalue weighted by molar-refractivity contribution is 6.40. The molecule has 6 heteroatoms. The number of hydrogen-bond donors (Lipinski definition) is 1. The van der Waals surface area contributed by atoms with Crippen molar-refractivity contribution in [2.45, 2.75) is 6.61 Å². The summed E-state index contributed by atoms with van der Waals surface area (Å²) in [7, 11) is 1.46. The molecule has 0 saturated heterocycles. The molecule has 1 aromatic carbocycles. The molecule has 0 atom stereocenters. The Kier molecular flexibility index (Phi) is 3.28. The summed E-state index contributed by atoms with van der Waals surface area (Å²) < 4.78 is 10.2. The second-order valence-corrected chi connectivity index (χ2v) is 4.20. The average Bonchev–Trinajstić information content (AvgIpc) is 2.65. The molecule has 0 radical (unpaired) electrons. The van der Waals surface area contributed by atoms with Gasteiger partial charge in [-0.1, -0.05) is 23.2 Å². The normalized spacial score (nSPS) is 11.0. The van der Waals surface area contributed by atoms with Gasteiger partial charge in [0.25, 0.3) is 0 Å². The van der Waals surface area contributed by atoms with Gasteiger partial charge in [-0.15, -0.1) is 0 Å². The Bertz CT molecular complexity index is 589. The van der Waals surface area contributed by atoms with Crippen LogP contribution in [0.25, 0.3) is 11.0 Å². The molecule has 2 aromatic rings. The Morgan fingerprint density at radius 3 is 2.65 bits per heavy atom. The first kappa shape index (κ1) is 12.2. The Hall–Kier alpha value is -1.23. The molecule has 0 aliphatic carbocycles. The molecule has 0 aliphatic rings. The SMILES string of the molecule is COCc1c(C(=O)O)oc2c(Cl)ccc(Cl)c12. The minimum atomic E-state index is -1.18. The van der Waals surface area contributed by atoms with Crippen LogP contribution in [0.1, 0.15) is 16.1 Å². The van der Waals surface area contributed by atoms with Crippen molar-refractivity contribution in [1.82, 2.24) is 0 Å². The largest absolute Gasteiger partial charge is 0.475 e. The van der Waals surface area contributed by atoms with Crippen LogP contribution in [0.2, 0.25) is 10.0 Å². The fraction of sp³-hybridized carbons (Fsp3) is 0.182. The number of carboxylic acid groups (broad SMARTS) is 1. The Morgan fingerprint density at radius 1 is 1.41 bits per heavy atom. The molecule has 17 heavy (non-hydrogen) atoms. The van der Waals surface area contributed by atoms with Gasteiger partial charge in [-0.25, -0.2) is 4.79 Å². The van der Waals surface area contributed by atoms with Crippen LogP contribution in [0.4, 0.5) is 0 Å². The minimum absolute atomic E-state index is 0.0920. The van der Waals surface area contributed by atoms with Crippen molar-refractivity contribution in [3.8, 4) is 0 Å². The van der Waals surface area contributed by atoms with Crippen LogP contribution in [0.3, 0.4) is 0 Å². The van der Waals surface area contributed by atoms with Gasteiger partial charge in [-0.3, -0.25) is 0 Å². The van der Waals surface area contributed by atoms with E-state index in [2.05, 4.69) is 0 Å². The smallest absolute Gasteiger partial charge is 0.372 e. The first-order chi connectivity index (χ1) is 8.06. The van der Waals surface area contributed by atoms with E-state index in [-0.39, 0.29) is 18.0 Å². The molecular weight excluding hydrogens is 267 g/mol. The third-order valence-corrected chi connectivity index (χ3v) is 2.93. The van der Waals surface area contributed by atoms with Gasteiger partial charge in [0.15, 0.2) is 5.58 Å². The lowest BCUT2D eigenvalue weighted by molar-refractivity contribution is 0.0658. The average molecular weight is 275 g/mol. The van der Waals surface area contributed by atoms with E-state index in [9.17, 15) is 4.79 Å². The maximum absolute atomic E-state index is 11.1. The van der Waals surface area contributed by atoms with E-state index in [1.54, 1.807) is 12.1 Å². The lowest BCUT2D eigenvalue weighted by Gasteiger charge is -1.99. The topological polar surface area (TPSA) is 59.7 Å². The number of carboxylic acids is 1. The van der Waals surface area contributed by atoms with Crippen molar-refractivity contribution in [2.24, 2.45) is 0 Å². The molecule has 90 valence electrons. The first-order valence-electron chi connectivity index (χ1n) is 4.68. The molecule has 1 N–H and O–H groups in total. The molecular formula is C11H8Cl2O4. The van der Waals surface area contributed by atoms with Crippen molar-refractivity contribution in [3.63, 3.8) is 0 Å². The molecule has 4 nitrogen and oxygen atoms in total. The fourth-order valence-electron chi connectivity index (χ4n) is 1.65. The number of methoxy groups -OCH3 is 1. The van der Waals surface area contributed by atoms with E-state index in [0.717, 1.165) is 0 Å². The molecule has 0 spiro atoms. The zero-order chi connectivity index (χ0) is 12.6. The summed E-state index contributed by atoms with van der Waals surface area (Å²) >= 11 is 12.0. The third kappa shape index (κ3) is 1.99. The summed E-state index contributed by atoms with van der Waals surface area (Å²) in [6.07, 6.45) is 0. The second kappa shape index (κ2) is 4.56. The highest BCUT2D eigenvalue weighted by Gasteiger charge is 2.23. The van der Waals surface area contributed by atoms with Crippen LogP contribution in [0.15, 0.2) is 16.5 Å². The number of ether oxygens (including phenoxy) is 1. The van der Waals surface area contributed by atoms with Gasteiger partial charge >= 0.3 is 5.97 Å². The van der Waals surface area contributed by atoms with Crippen LogP contribution in [-0.2, 0) is 11.3 Å². The molecule has 1 heterocycles.